The molecule has 1 amide bonds. The van der Waals surface area contributed by atoms with Crippen molar-refractivity contribution in [3.63, 3.8) is 0 Å². The molecule has 1 heterocycles. The summed E-state index contributed by atoms with van der Waals surface area (Å²) in [5.74, 6) is 0.331. The van der Waals surface area contributed by atoms with Crippen LogP contribution in [0.1, 0.15) is 41.6 Å². The molecule has 8 heteroatoms. The van der Waals surface area contributed by atoms with E-state index in [-0.39, 0.29) is 10.8 Å². The van der Waals surface area contributed by atoms with E-state index in [4.69, 9.17) is 4.74 Å². The monoisotopic (exact) mass is 448 g/mol. The van der Waals surface area contributed by atoms with Gasteiger partial charge in [-0.3, -0.25) is 9.52 Å². The van der Waals surface area contributed by atoms with Gasteiger partial charge in [0, 0.05) is 18.0 Å². The van der Waals surface area contributed by atoms with Crippen LogP contribution in [0.15, 0.2) is 46.2 Å². The summed E-state index contributed by atoms with van der Waals surface area (Å²) in [6.45, 7) is 3.30. The van der Waals surface area contributed by atoms with Gasteiger partial charge in [0.05, 0.1) is 23.3 Å². The number of aryl methyl sites for hydroxylation is 1. The molecule has 1 N–H and O–H groups in total. The van der Waals surface area contributed by atoms with Crippen LogP contribution in [-0.4, -0.2) is 45.7 Å². The molecule has 0 unspecified atom stereocenters. The van der Waals surface area contributed by atoms with Crippen molar-refractivity contribution in [1.82, 2.24) is 4.90 Å². The molecule has 0 aromatic heterocycles. The van der Waals surface area contributed by atoms with Gasteiger partial charge in [0.1, 0.15) is 5.75 Å². The normalized spacial score (nSPS) is 14.8. The number of amides is 1. The zero-order valence-electron chi connectivity index (χ0n) is 17.6. The predicted molar refractivity (Wildman–Crippen MR) is 121 cm³/mol. The van der Waals surface area contributed by atoms with Crippen LogP contribution >= 0.6 is 11.8 Å². The Kier molecular flexibility index (Phi) is 7.31. The van der Waals surface area contributed by atoms with E-state index in [1.54, 1.807) is 18.2 Å². The first-order chi connectivity index (χ1) is 14.4. The maximum atomic E-state index is 13.2. The molecule has 30 heavy (non-hydrogen) atoms. The summed E-state index contributed by atoms with van der Waals surface area (Å²) < 4.78 is 34.1. The second-order valence-corrected chi connectivity index (χ2v) is 9.91. The molecule has 3 rings (SSSR count). The lowest BCUT2D eigenvalue weighted by Crippen LogP contribution is -2.32. The fourth-order valence-electron chi connectivity index (χ4n) is 3.57. The van der Waals surface area contributed by atoms with Crippen LogP contribution in [0.4, 0.5) is 5.69 Å². The highest BCUT2D eigenvalue weighted by Crippen LogP contribution is 2.30. The SMILES string of the molecule is COc1ccc(C)cc1NS(=O)(=O)c1ccc(SC)c(C(=O)N2CCCCCC2)c1. The van der Waals surface area contributed by atoms with Gasteiger partial charge >= 0.3 is 0 Å². The highest BCUT2D eigenvalue weighted by Gasteiger charge is 2.24. The van der Waals surface area contributed by atoms with E-state index < -0.39 is 10.0 Å². The molecule has 1 aliphatic rings. The molecule has 0 bridgehead atoms. The smallest absolute Gasteiger partial charge is 0.262 e. The third-order valence-corrected chi connectivity index (χ3v) is 7.36. The molecule has 0 radical (unpaired) electrons. The summed E-state index contributed by atoms with van der Waals surface area (Å²) in [6.07, 6.45) is 6.09. The Balaban J connectivity index is 1.95. The van der Waals surface area contributed by atoms with Crippen molar-refractivity contribution in [2.75, 3.05) is 31.2 Å². The fourth-order valence-corrected chi connectivity index (χ4v) is 5.23. The Hall–Kier alpha value is -2.19. The maximum Gasteiger partial charge on any atom is 0.262 e. The molecule has 0 saturated carbocycles. The average molecular weight is 449 g/mol. The molecular formula is C22H28N2O4S2. The van der Waals surface area contributed by atoms with Crippen LogP contribution in [0.5, 0.6) is 5.75 Å². The van der Waals surface area contributed by atoms with Crippen LogP contribution in [0, 0.1) is 6.92 Å². The molecule has 1 aliphatic heterocycles. The lowest BCUT2D eigenvalue weighted by atomic mass is 10.2. The quantitative estimate of drug-likeness (QED) is 0.657. The number of anilines is 1. The molecule has 1 fully saturated rings. The maximum absolute atomic E-state index is 13.2. The molecule has 0 aliphatic carbocycles. The molecule has 1 saturated heterocycles. The summed E-state index contributed by atoms with van der Waals surface area (Å²) >= 11 is 1.44. The molecule has 0 spiro atoms. The summed E-state index contributed by atoms with van der Waals surface area (Å²) in [6, 6.07) is 10.0. The Labute approximate surface area is 183 Å². The molecular weight excluding hydrogens is 420 g/mol. The van der Waals surface area contributed by atoms with Gasteiger partial charge in [-0.15, -0.1) is 11.8 Å². The minimum atomic E-state index is -3.89. The number of carbonyl (C=O) groups is 1. The standard InChI is InChI=1S/C22H28N2O4S2/c1-16-8-10-20(28-2)19(14-16)23-30(26,27)17-9-11-21(29-3)18(15-17)22(25)24-12-6-4-5-7-13-24/h8-11,14-15,23H,4-7,12-13H2,1-3H3. The van der Waals surface area contributed by atoms with Gasteiger partial charge in [0.25, 0.3) is 15.9 Å². The first-order valence-electron chi connectivity index (χ1n) is 10.0. The number of nitrogens with one attached hydrogen (secondary N) is 1. The van der Waals surface area contributed by atoms with Gasteiger partial charge < -0.3 is 9.64 Å². The summed E-state index contributed by atoms with van der Waals surface area (Å²) in [4.78, 5) is 15.9. The number of methoxy groups -OCH3 is 1. The predicted octanol–water partition coefficient (Wildman–Crippen LogP) is 4.54. The fraction of sp³-hybridized carbons (Fsp3) is 0.409. The van der Waals surface area contributed by atoms with E-state index in [0.717, 1.165) is 36.1 Å². The third-order valence-electron chi connectivity index (χ3n) is 5.20. The van der Waals surface area contributed by atoms with E-state index in [9.17, 15) is 13.2 Å². The van der Waals surface area contributed by atoms with E-state index >= 15 is 0 Å². The van der Waals surface area contributed by atoms with Gasteiger partial charge in [-0.2, -0.15) is 0 Å². The first kappa shape index (κ1) is 22.5. The Bertz CT molecular complexity index is 1010. The van der Waals surface area contributed by atoms with Crippen molar-refractivity contribution in [2.24, 2.45) is 0 Å². The molecule has 2 aromatic rings. The number of likely N-dealkylation sites (tertiary alicyclic amines) is 1. The van der Waals surface area contributed by atoms with Gasteiger partial charge in [-0.05, 0) is 61.9 Å². The van der Waals surface area contributed by atoms with Crippen molar-refractivity contribution in [1.29, 1.82) is 0 Å². The molecule has 162 valence electrons. The number of ether oxygens (including phenoxy) is 1. The summed E-state index contributed by atoms with van der Waals surface area (Å²) in [5, 5.41) is 0. The Morgan fingerprint density at radius 1 is 1.07 bits per heavy atom. The minimum absolute atomic E-state index is 0.0574. The number of rotatable bonds is 6. The van der Waals surface area contributed by atoms with E-state index in [1.807, 2.05) is 24.1 Å². The van der Waals surface area contributed by atoms with Crippen LogP contribution < -0.4 is 9.46 Å². The van der Waals surface area contributed by atoms with E-state index in [0.29, 0.717) is 30.1 Å². The van der Waals surface area contributed by atoms with Crippen molar-refractivity contribution >= 4 is 33.4 Å². The second kappa shape index (κ2) is 9.75. The Morgan fingerprint density at radius 2 is 1.77 bits per heavy atom. The first-order valence-corrected chi connectivity index (χ1v) is 12.7. The van der Waals surface area contributed by atoms with Gasteiger partial charge in [-0.25, -0.2) is 8.42 Å². The number of benzene rings is 2. The van der Waals surface area contributed by atoms with E-state index in [2.05, 4.69) is 4.72 Å². The average Bonchev–Trinajstić information content (AvgIpc) is 3.02. The highest BCUT2D eigenvalue weighted by atomic mass is 32.2. The Morgan fingerprint density at radius 3 is 2.40 bits per heavy atom. The number of hydrogen-bond acceptors (Lipinski definition) is 5. The summed E-state index contributed by atoms with van der Waals surface area (Å²) in [5.41, 5.74) is 1.71. The lowest BCUT2D eigenvalue weighted by molar-refractivity contribution is 0.0758. The molecule has 0 atom stereocenters. The van der Waals surface area contributed by atoms with Crippen molar-refractivity contribution < 1.29 is 17.9 Å². The number of thioether (sulfide) groups is 1. The zero-order chi connectivity index (χ0) is 21.7. The van der Waals surface area contributed by atoms with Crippen molar-refractivity contribution in [2.45, 2.75) is 42.4 Å². The van der Waals surface area contributed by atoms with Crippen LogP contribution in [-0.2, 0) is 10.0 Å². The van der Waals surface area contributed by atoms with E-state index in [1.165, 1.54) is 31.0 Å². The highest BCUT2D eigenvalue weighted by molar-refractivity contribution is 7.98. The van der Waals surface area contributed by atoms with Gasteiger partial charge in [0.15, 0.2) is 0 Å². The topological polar surface area (TPSA) is 75.7 Å². The lowest BCUT2D eigenvalue weighted by Gasteiger charge is -2.22. The van der Waals surface area contributed by atoms with Crippen LogP contribution in [0.2, 0.25) is 0 Å². The number of hydrogen-bond donors (Lipinski definition) is 1. The zero-order valence-corrected chi connectivity index (χ0v) is 19.2. The van der Waals surface area contributed by atoms with Gasteiger partial charge in [-0.1, -0.05) is 18.9 Å². The summed E-state index contributed by atoms with van der Waals surface area (Å²) in [7, 11) is -2.40. The van der Waals surface area contributed by atoms with Crippen molar-refractivity contribution in [3.8, 4) is 5.75 Å². The number of nitrogens with zero attached hydrogens (tertiary/aromatic N) is 1. The van der Waals surface area contributed by atoms with Crippen LogP contribution in [0.25, 0.3) is 0 Å². The third kappa shape index (κ3) is 5.10. The van der Waals surface area contributed by atoms with Crippen LogP contribution in [0.3, 0.4) is 0 Å². The number of sulfonamides is 1. The molecule has 2 aromatic carbocycles. The number of carbonyl (C=O) groups excluding carboxylic acids is 1. The second-order valence-electron chi connectivity index (χ2n) is 7.38. The molecule has 6 nitrogen and oxygen atoms in total. The van der Waals surface area contributed by atoms with Gasteiger partial charge in [0.2, 0.25) is 0 Å². The minimum Gasteiger partial charge on any atom is -0.495 e. The largest absolute Gasteiger partial charge is 0.495 e. The van der Waals surface area contributed by atoms with Crippen molar-refractivity contribution in [3.05, 3.63) is 47.5 Å².